The number of halogens is 2. The Kier molecular flexibility index (Phi) is 28.2. The number of aliphatic imine (C=N–C) groups is 1. The highest BCUT2D eigenvalue weighted by molar-refractivity contribution is 6.04. The summed E-state index contributed by atoms with van der Waals surface area (Å²) in [6.45, 7) is 36.0. The van der Waals surface area contributed by atoms with Crippen molar-refractivity contribution < 1.29 is 48.1 Å². The minimum absolute atomic E-state index is 0.0194. The number of carbonyl (C=O) groups is 5. The van der Waals surface area contributed by atoms with Crippen LogP contribution in [0.5, 0.6) is 0 Å². The SMILES string of the molecule is C=C1NC=Nc2c1cccc2-c1ccc(C#CC(C)(C)O)nc1C(C)C.CC(=O)c1cc(-c2ccc(-c3ccc(F)c(C(N)=O)c3)nc2C(C)C)ccc1F.CC(C)c1nc(C#CC(C)(C)O)ccc1-c1ccc2c(c1)C(=O)CC21CC1.CC(C)c1nc(C(N)=O)ccc1-c1cnc2c(c1)C=CC2.CC(C)c1ncc(C#CC(C)(C)O)cc1-c1ccc2c(c1)C(=O)CC2. The average molecular weight is 1710 g/mol. The number of para-hydroxylation sites is 1. The third-order valence-corrected chi connectivity index (χ3v) is 22.2. The van der Waals surface area contributed by atoms with Crippen LogP contribution in [0.3, 0.4) is 0 Å². The van der Waals surface area contributed by atoms with Gasteiger partial charge in [-0.1, -0.05) is 172 Å². The number of ketones is 3. The molecular formula is C108H108F2N10O8. The normalized spacial score (nSPS) is 13.5. The molecule has 18 nitrogen and oxygen atoms in total. The molecule has 20 heteroatoms. The summed E-state index contributed by atoms with van der Waals surface area (Å²) in [6, 6.07) is 46.1. The van der Waals surface area contributed by atoms with Gasteiger partial charge in [-0.25, -0.2) is 28.7 Å². The van der Waals surface area contributed by atoms with E-state index in [1.807, 2.05) is 80.7 Å². The highest BCUT2D eigenvalue weighted by Crippen LogP contribution is 2.57. The topological polar surface area (TPSA) is 300 Å². The number of nitrogens with two attached hydrogens (primary N) is 2. The summed E-state index contributed by atoms with van der Waals surface area (Å²) >= 11 is 0. The quantitative estimate of drug-likeness (QED) is 0.0436. The summed E-state index contributed by atoms with van der Waals surface area (Å²) in [5, 5.41) is 32.5. The van der Waals surface area contributed by atoms with Crippen LogP contribution in [0.4, 0.5) is 14.5 Å². The zero-order valence-corrected chi connectivity index (χ0v) is 75.6. The lowest BCUT2D eigenvalue weighted by Gasteiger charge is -2.19. The number of pyridine rings is 6. The van der Waals surface area contributed by atoms with Crippen molar-refractivity contribution in [3.63, 3.8) is 0 Å². The monoisotopic (exact) mass is 1710 g/mol. The van der Waals surface area contributed by atoms with Gasteiger partial charge < -0.3 is 32.1 Å². The van der Waals surface area contributed by atoms with Crippen molar-refractivity contribution in [1.29, 1.82) is 0 Å². The Labute approximate surface area is 748 Å². The number of rotatable bonds is 14. The molecule has 0 unspecified atom stereocenters. The zero-order valence-electron chi connectivity index (χ0n) is 75.6. The lowest BCUT2D eigenvalue weighted by molar-refractivity contribution is 0.0980. The van der Waals surface area contributed by atoms with Gasteiger partial charge in [0.25, 0.3) is 11.8 Å². The van der Waals surface area contributed by atoms with Crippen LogP contribution in [0.2, 0.25) is 0 Å². The van der Waals surface area contributed by atoms with Crippen LogP contribution < -0.4 is 16.8 Å². The molecule has 652 valence electrons. The summed E-state index contributed by atoms with van der Waals surface area (Å²) < 4.78 is 27.7. The van der Waals surface area contributed by atoms with E-state index in [0.29, 0.717) is 46.7 Å². The molecule has 2 amide bonds. The van der Waals surface area contributed by atoms with E-state index in [1.54, 1.807) is 72.3 Å². The predicted molar refractivity (Wildman–Crippen MR) is 504 cm³/mol. The Hall–Kier alpha value is -13.7. The maximum Gasteiger partial charge on any atom is 0.267 e. The Bertz CT molecular complexity index is 6530. The van der Waals surface area contributed by atoms with Crippen molar-refractivity contribution in [2.45, 2.75) is 208 Å². The highest BCUT2D eigenvalue weighted by Gasteiger charge is 2.52. The van der Waals surface area contributed by atoms with Gasteiger partial charge in [0, 0.05) is 110 Å². The van der Waals surface area contributed by atoms with Crippen LogP contribution in [-0.2, 0) is 18.3 Å². The van der Waals surface area contributed by atoms with Crippen LogP contribution >= 0.6 is 0 Å². The van der Waals surface area contributed by atoms with Crippen molar-refractivity contribution >= 4 is 53.0 Å². The Balaban J connectivity index is 0.000000146. The molecule has 128 heavy (non-hydrogen) atoms. The van der Waals surface area contributed by atoms with Crippen LogP contribution in [0.1, 0.15) is 298 Å². The molecule has 1 aliphatic heterocycles. The molecule has 16 rings (SSSR count). The third kappa shape index (κ3) is 22.4. The number of aromatic nitrogens is 6. The van der Waals surface area contributed by atoms with E-state index < -0.39 is 40.3 Å². The minimum atomic E-state index is -1.04. The molecule has 11 aromatic rings. The van der Waals surface area contributed by atoms with E-state index in [4.69, 9.17) is 26.4 Å². The van der Waals surface area contributed by atoms with Gasteiger partial charge in [0.1, 0.15) is 45.5 Å². The van der Waals surface area contributed by atoms with Gasteiger partial charge >= 0.3 is 0 Å². The molecule has 0 atom stereocenters. The van der Waals surface area contributed by atoms with Crippen molar-refractivity contribution in [1.82, 2.24) is 35.2 Å². The maximum atomic E-state index is 13.9. The van der Waals surface area contributed by atoms with Gasteiger partial charge in [0.05, 0.1) is 63.0 Å². The first-order valence-corrected chi connectivity index (χ1v) is 43.1. The van der Waals surface area contributed by atoms with Gasteiger partial charge in [0.2, 0.25) is 0 Å². The Morgan fingerprint density at radius 3 is 1.62 bits per heavy atom. The number of nitrogens with zero attached hydrogens (tertiary/aromatic N) is 7. The Morgan fingerprint density at radius 1 is 0.492 bits per heavy atom. The number of benzene rings is 5. The number of aliphatic hydroxyl groups is 3. The van der Waals surface area contributed by atoms with Gasteiger partial charge in [-0.05, 0) is 234 Å². The average Bonchev–Trinajstić information content (AvgIpc) is 1.56. The minimum Gasteiger partial charge on any atom is -0.378 e. The number of fused-ring (bicyclic) bond motifs is 5. The summed E-state index contributed by atoms with van der Waals surface area (Å²) in [5.41, 5.74) is 34.1. The molecule has 6 aromatic heterocycles. The van der Waals surface area contributed by atoms with E-state index in [-0.39, 0.29) is 63.5 Å². The second-order valence-corrected chi connectivity index (χ2v) is 35.9. The second-order valence-electron chi connectivity index (χ2n) is 35.9. The number of allylic oxidation sites excluding steroid dienone is 1. The molecule has 5 aromatic carbocycles. The first-order valence-electron chi connectivity index (χ1n) is 43.1. The number of hydrogen-bond donors (Lipinski definition) is 6. The van der Waals surface area contributed by atoms with Crippen LogP contribution in [0.15, 0.2) is 182 Å². The van der Waals surface area contributed by atoms with E-state index >= 15 is 0 Å². The van der Waals surface area contributed by atoms with E-state index in [0.717, 1.165) is 155 Å². The van der Waals surface area contributed by atoms with E-state index in [9.17, 15) is 48.1 Å². The smallest absolute Gasteiger partial charge is 0.267 e. The largest absolute Gasteiger partial charge is 0.378 e. The van der Waals surface area contributed by atoms with E-state index in [1.165, 1.54) is 42.8 Å². The first-order chi connectivity index (χ1) is 60.4. The van der Waals surface area contributed by atoms with Crippen molar-refractivity contribution in [2.75, 3.05) is 0 Å². The standard InChI is InChI=1S/C24H25NO2.C23H20F2N2O2.C22H23N3O.C22H23NO2.C17H17N3O/c1-15(2)22-18(7-6-17(25-22)9-10-23(3,4)27)16-5-8-20-19(13-16)21(26)14-24(20)11-12-24;1-12(2)22-16(14-4-7-19(24)17(10-14)13(3)28)6-9-21(27-22)15-5-8-20(25)18(11-15)23(26)29;1-14(2)20-19(10-9-16(25-20)11-12-22(4,5)26)18-8-6-7-17-15(3)23-13-24-21(17)18;1-14(2)21-19(11-15(13-23-21)9-10-22(3,4)25)17-6-5-16-7-8-20(24)18(16)12-17;1-10(2)16-13(6-7-15(20-16)17(18)21)12-8-11-4-3-5-14(11)19-9-12/h5-8,13,15,27H,11-12,14H2,1-4H3;4-12H,1-3H3,(H2,26,29);6-10,13-14,26H,3H2,1-2,4-5H3,(H,23,24);5-6,11-14,25H,7-8H2,1-4H3;3-4,6-10H,5H2,1-2H3,(H2,18,21). The summed E-state index contributed by atoms with van der Waals surface area (Å²) in [5.74, 6) is 15.8. The summed E-state index contributed by atoms with van der Waals surface area (Å²) in [7, 11) is 0. The highest BCUT2D eigenvalue weighted by atomic mass is 19.1. The van der Waals surface area contributed by atoms with Gasteiger partial charge in [-0.2, -0.15) is 0 Å². The lowest BCUT2D eigenvalue weighted by Crippen LogP contribution is -2.14. The number of carbonyl (C=O) groups excluding carboxylic acids is 5. The molecule has 0 saturated heterocycles. The maximum absolute atomic E-state index is 13.9. The van der Waals surface area contributed by atoms with Crippen molar-refractivity contribution in [3.05, 3.63) is 290 Å². The predicted octanol–water partition coefficient (Wildman–Crippen LogP) is 21.0. The van der Waals surface area contributed by atoms with Crippen molar-refractivity contribution in [2.24, 2.45) is 16.5 Å². The zero-order chi connectivity index (χ0) is 92.8. The van der Waals surface area contributed by atoms with E-state index in [2.05, 4.69) is 177 Å². The molecule has 1 spiro atoms. The fourth-order valence-electron chi connectivity index (χ4n) is 15.6. The van der Waals surface area contributed by atoms with Crippen LogP contribution in [0, 0.1) is 47.2 Å². The van der Waals surface area contributed by atoms with Gasteiger partial charge in [-0.3, -0.25) is 38.9 Å². The fraction of sp³-hybridized carbons (Fsp3) is 0.296. The number of amides is 2. The molecule has 5 aliphatic rings. The molecule has 1 saturated carbocycles. The van der Waals surface area contributed by atoms with Gasteiger partial charge in [-0.15, -0.1) is 0 Å². The van der Waals surface area contributed by atoms with Crippen LogP contribution in [0.25, 0.3) is 78.7 Å². The van der Waals surface area contributed by atoms with Crippen molar-refractivity contribution in [3.8, 4) is 102 Å². The molecule has 7 heterocycles. The Morgan fingerprint density at radius 2 is 1.02 bits per heavy atom. The number of nitrogens with one attached hydrogen (secondary N) is 1. The number of hydrogen-bond acceptors (Lipinski definition) is 16. The number of primary amides is 2. The second kappa shape index (κ2) is 38.7. The molecular weight excluding hydrogens is 1600 g/mol. The fourth-order valence-corrected chi connectivity index (χ4v) is 15.6. The third-order valence-electron chi connectivity index (χ3n) is 22.2. The summed E-state index contributed by atoms with van der Waals surface area (Å²) in [4.78, 5) is 91.3. The number of Topliss-reactive ketones (excluding diaryl/α,β-unsaturated/α-hetero) is 3. The lowest BCUT2D eigenvalue weighted by atomic mass is 9.92. The molecule has 0 radical (unpaired) electrons. The summed E-state index contributed by atoms with van der Waals surface area (Å²) in [6.07, 6.45) is 14.8. The van der Waals surface area contributed by atoms with Crippen LogP contribution in [-0.4, -0.2) is 97.5 Å². The molecule has 1 fully saturated rings. The molecule has 0 bridgehead atoms. The molecule has 4 aliphatic carbocycles. The number of aryl methyl sites for hydroxylation is 1. The first kappa shape index (κ1) is 93.5. The van der Waals surface area contributed by atoms with Gasteiger partial charge in [0.15, 0.2) is 17.3 Å². The molecule has 8 N–H and O–H groups in total.